The van der Waals surface area contributed by atoms with E-state index in [1.165, 1.54) is 0 Å². The second-order valence-corrected chi connectivity index (χ2v) is 4.94. The van der Waals surface area contributed by atoms with Crippen LogP contribution in [0.1, 0.15) is 16.7 Å². The fraction of sp³-hybridized carbons (Fsp3) is 0.235. The molecule has 0 aliphatic heterocycles. The average Bonchev–Trinajstić information content (AvgIpc) is 2.48. The normalized spacial score (nSPS) is 10.3. The Morgan fingerprint density at radius 2 is 1.65 bits per heavy atom. The van der Waals surface area contributed by atoms with Crippen molar-refractivity contribution in [2.75, 3.05) is 7.05 Å². The lowest BCUT2D eigenvalue weighted by Gasteiger charge is -2.17. The number of hydrogen-bond donors (Lipinski definition) is 1. The maximum absolute atomic E-state index is 12.2. The van der Waals surface area contributed by atoms with Crippen molar-refractivity contribution >= 4 is 5.91 Å². The zero-order valence-corrected chi connectivity index (χ0v) is 11.8. The molecule has 2 aromatic carbocycles. The molecule has 3 heteroatoms. The van der Waals surface area contributed by atoms with Gasteiger partial charge in [0.15, 0.2) is 0 Å². The zero-order valence-electron chi connectivity index (χ0n) is 11.8. The van der Waals surface area contributed by atoms with Crippen molar-refractivity contribution in [1.29, 1.82) is 0 Å². The highest BCUT2D eigenvalue weighted by molar-refractivity contribution is 5.78. The topological polar surface area (TPSA) is 46.3 Å². The number of likely N-dealkylation sites (N-methyl/N-ethyl adjacent to an activating group) is 1. The molecule has 0 saturated heterocycles. The Morgan fingerprint density at radius 3 is 2.35 bits per heavy atom. The molecule has 0 saturated carbocycles. The average molecular weight is 268 g/mol. The van der Waals surface area contributed by atoms with Crippen LogP contribution in [0.2, 0.25) is 0 Å². The SMILES string of the molecule is CN(Cc1cccc(CN)c1)C(=O)Cc1ccccc1. The third-order valence-electron chi connectivity index (χ3n) is 3.27. The van der Waals surface area contributed by atoms with Gasteiger partial charge in [0, 0.05) is 20.1 Å². The van der Waals surface area contributed by atoms with Crippen LogP contribution in [0.3, 0.4) is 0 Å². The standard InChI is InChI=1S/C17H20N2O/c1-19(13-16-9-5-8-15(10-16)12-18)17(20)11-14-6-3-2-4-7-14/h2-10H,11-13,18H2,1H3. The summed E-state index contributed by atoms with van der Waals surface area (Å²) in [6.07, 6.45) is 0.438. The first-order chi connectivity index (χ1) is 9.69. The van der Waals surface area contributed by atoms with Gasteiger partial charge in [-0.25, -0.2) is 0 Å². The van der Waals surface area contributed by atoms with E-state index < -0.39 is 0 Å². The van der Waals surface area contributed by atoms with Crippen LogP contribution < -0.4 is 5.73 Å². The van der Waals surface area contributed by atoms with Crippen molar-refractivity contribution in [1.82, 2.24) is 4.90 Å². The lowest BCUT2D eigenvalue weighted by molar-refractivity contribution is -0.129. The number of amides is 1. The molecule has 1 amide bonds. The second-order valence-electron chi connectivity index (χ2n) is 4.94. The Kier molecular flexibility index (Phi) is 4.91. The third-order valence-corrected chi connectivity index (χ3v) is 3.27. The van der Waals surface area contributed by atoms with Gasteiger partial charge in [0.25, 0.3) is 0 Å². The molecule has 0 aliphatic rings. The van der Waals surface area contributed by atoms with E-state index in [1.807, 2.05) is 61.6 Å². The molecule has 2 aromatic rings. The summed E-state index contributed by atoms with van der Waals surface area (Å²) in [7, 11) is 1.83. The molecule has 0 unspecified atom stereocenters. The van der Waals surface area contributed by atoms with E-state index in [1.54, 1.807) is 4.90 Å². The van der Waals surface area contributed by atoms with Crippen LogP contribution >= 0.6 is 0 Å². The summed E-state index contributed by atoms with van der Waals surface area (Å²) in [6.45, 7) is 1.13. The largest absolute Gasteiger partial charge is 0.341 e. The third kappa shape index (κ3) is 3.93. The first kappa shape index (κ1) is 14.3. The fourth-order valence-corrected chi connectivity index (χ4v) is 2.12. The van der Waals surface area contributed by atoms with Crippen LogP contribution in [0.15, 0.2) is 54.6 Å². The summed E-state index contributed by atoms with van der Waals surface area (Å²) in [6, 6.07) is 17.8. The highest BCUT2D eigenvalue weighted by Gasteiger charge is 2.10. The van der Waals surface area contributed by atoms with Crippen LogP contribution in [0, 0.1) is 0 Å². The molecule has 0 spiro atoms. The van der Waals surface area contributed by atoms with Gasteiger partial charge in [-0.2, -0.15) is 0 Å². The van der Waals surface area contributed by atoms with Crippen LogP contribution in [-0.2, 0) is 24.3 Å². The van der Waals surface area contributed by atoms with E-state index in [-0.39, 0.29) is 5.91 Å². The molecule has 3 nitrogen and oxygen atoms in total. The number of rotatable bonds is 5. The van der Waals surface area contributed by atoms with Gasteiger partial charge >= 0.3 is 0 Å². The van der Waals surface area contributed by atoms with Crippen LogP contribution in [0.4, 0.5) is 0 Å². The van der Waals surface area contributed by atoms with Gasteiger partial charge in [-0.1, -0.05) is 54.6 Å². The number of nitrogens with two attached hydrogens (primary N) is 1. The summed E-state index contributed by atoms with van der Waals surface area (Å²) in [5.74, 6) is 0.120. The summed E-state index contributed by atoms with van der Waals surface area (Å²) < 4.78 is 0. The summed E-state index contributed by atoms with van der Waals surface area (Å²) in [5.41, 5.74) is 8.87. The summed E-state index contributed by atoms with van der Waals surface area (Å²) in [5, 5.41) is 0. The number of carbonyl (C=O) groups is 1. The molecule has 0 heterocycles. The Balaban J connectivity index is 1.97. The van der Waals surface area contributed by atoms with E-state index in [2.05, 4.69) is 0 Å². The highest BCUT2D eigenvalue weighted by atomic mass is 16.2. The molecular weight excluding hydrogens is 248 g/mol. The van der Waals surface area contributed by atoms with Crippen molar-refractivity contribution < 1.29 is 4.79 Å². The molecular formula is C17H20N2O. The Bertz CT molecular complexity index is 566. The van der Waals surface area contributed by atoms with Gasteiger partial charge in [0.05, 0.1) is 6.42 Å². The minimum absolute atomic E-state index is 0.120. The molecule has 2 rings (SSSR count). The smallest absolute Gasteiger partial charge is 0.227 e. The first-order valence-electron chi connectivity index (χ1n) is 6.75. The predicted molar refractivity (Wildman–Crippen MR) is 81.0 cm³/mol. The van der Waals surface area contributed by atoms with Gasteiger partial charge in [0.2, 0.25) is 5.91 Å². The minimum Gasteiger partial charge on any atom is -0.341 e. The summed E-state index contributed by atoms with van der Waals surface area (Å²) >= 11 is 0. The second kappa shape index (κ2) is 6.87. The lowest BCUT2D eigenvalue weighted by Crippen LogP contribution is -2.27. The van der Waals surface area contributed by atoms with Crippen molar-refractivity contribution in [3.63, 3.8) is 0 Å². The zero-order chi connectivity index (χ0) is 14.4. The van der Waals surface area contributed by atoms with E-state index >= 15 is 0 Å². The number of hydrogen-bond acceptors (Lipinski definition) is 2. The molecule has 0 radical (unpaired) electrons. The molecule has 0 bridgehead atoms. The van der Waals surface area contributed by atoms with Gasteiger partial charge in [0.1, 0.15) is 0 Å². The minimum atomic E-state index is 0.120. The first-order valence-corrected chi connectivity index (χ1v) is 6.75. The Hall–Kier alpha value is -2.13. The summed E-state index contributed by atoms with van der Waals surface area (Å²) in [4.78, 5) is 13.9. The number of carbonyl (C=O) groups excluding carboxylic acids is 1. The van der Waals surface area contributed by atoms with Crippen molar-refractivity contribution in [2.24, 2.45) is 5.73 Å². The van der Waals surface area contributed by atoms with Crippen molar-refractivity contribution in [3.8, 4) is 0 Å². The van der Waals surface area contributed by atoms with Gasteiger partial charge < -0.3 is 10.6 Å². The molecule has 0 aromatic heterocycles. The Morgan fingerprint density at radius 1 is 1.00 bits per heavy atom. The van der Waals surface area contributed by atoms with Crippen molar-refractivity contribution in [2.45, 2.75) is 19.5 Å². The van der Waals surface area contributed by atoms with E-state index in [4.69, 9.17) is 5.73 Å². The van der Waals surface area contributed by atoms with Gasteiger partial charge in [-0.15, -0.1) is 0 Å². The van der Waals surface area contributed by atoms with E-state index in [0.29, 0.717) is 19.5 Å². The fourth-order valence-electron chi connectivity index (χ4n) is 2.12. The molecule has 0 atom stereocenters. The Labute approximate surface area is 120 Å². The van der Waals surface area contributed by atoms with E-state index in [0.717, 1.165) is 16.7 Å². The molecule has 0 fully saturated rings. The highest BCUT2D eigenvalue weighted by Crippen LogP contribution is 2.09. The maximum Gasteiger partial charge on any atom is 0.227 e. The van der Waals surface area contributed by atoms with Gasteiger partial charge in [-0.05, 0) is 16.7 Å². The monoisotopic (exact) mass is 268 g/mol. The predicted octanol–water partition coefficient (Wildman–Crippen LogP) is 2.35. The van der Waals surface area contributed by atoms with E-state index in [9.17, 15) is 4.79 Å². The number of nitrogens with zero attached hydrogens (tertiary/aromatic N) is 1. The van der Waals surface area contributed by atoms with Crippen LogP contribution in [0.5, 0.6) is 0 Å². The molecule has 2 N–H and O–H groups in total. The lowest BCUT2D eigenvalue weighted by atomic mass is 10.1. The van der Waals surface area contributed by atoms with Crippen LogP contribution in [0.25, 0.3) is 0 Å². The number of benzene rings is 2. The molecule has 20 heavy (non-hydrogen) atoms. The van der Waals surface area contributed by atoms with Crippen LogP contribution in [-0.4, -0.2) is 17.9 Å². The van der Waals surface area contributed by atoms with Gasteiger partial charge in [-0.3, -0.25) is 4.79 Å². The quantitative estimate of drug-likeness (QED) is 0.904. The molecule has 104 valence electrons. The molecule has 0 aliphatic carbocycles. The van der Waals surface area contributed by atoms with Crippen molar-refractivity contribution in [3.05, 3.63) is 71.3 Å². The maximum atomic E-state index is 12.2.